The minimum atomic E-state index is 0.329. The van der Waals surface area contributed by atoms with E-state index >= 15 is 0 Å². The molecule has 1 aliphatic rings. The third-order valence-electron chi connectivity index (χ3n) is 3.16. The molecule has 0 aliphatic carbocycles. The predicted octanol–water partition coefficient (Wildman–Crippen LogP) is 1.18. The van der Waals surface area contributed by atoms with Gasteiger partial charge in [-0.3, -0.25) is 0 Å². The summed E-state index contributed by atoms with van der Waals surface area (Å²) in [7, 11) is 0. The molecule has 1 aliphatic heterocycles. The summed E-state index contributed by atoms with van der Waals surface area (Å²) in [5.41, 5.74) is 0. The number of rotatable bonds is 8. The fourth-order valence-electron chi connectivity index (χ4n) is 2.06. The van der Waals surface area contributed by atoms with Gasteiger partial charge in [-0.05, 0) is 44.6 Å². The van der Waals surface area contributed by atoms with Gasteiger partial charge in [0.25, 0.3) is 0 Å². The van der Waals surface area contributed by atoms with Crippen molar-refractivity contribution in [2.75, 3.05) is 44.3 Å². The summed E-state index contributed by atoms with van der Waals surface area (Å²) in [6.07, 6.45) is 3.53. The zero-order valence-corrected chi connectivity index (χ0v) is 11.3. The van der Waals surface area contributed by atoms with E-state index < -0.39 is 0 Å². The molecule has 0 spiro atoms. The van der Waals surface area contributed by atoms with E-state index in [2.05, 4.69) is 17.1 Å². The molecular formula is C12H26N2OS. The third kappa shape index (κ3) is 6.09. The number of hydrogen-bond acceptors (Lipinski definition) is 4. The Morgan fingerprint density at radius 2 is 2.06 bits per heavy atom. The molecule has 0 aromatic carbocycles. The molecule has 3 nitrogen and oxygen atoms in total. The number of nitrogens with one attached hydrogen (secondary N) is 1. The van der Waals surface area contributed by atoms with Crippen LogP contribution < -0.4 is 5.32 Å². The Hall–Kier alpha value is 0.230. The van der Waals surface area contributed by atoms with Gasteiger partial charge in [-0.15, -0.1) is 0 Å². The van der Waals surface area contributed by atoms with Crippen LogP contribution in [0, 0.1) is 0 Å². The van der Waals surface area contributed by atoms with Crippen LogP contribution in [0.2, 0.25) is 0 Å². The average molecular weight is 246 g/mol. The lowest BCUT2D eigenvalue weighted by molar-refractivity contribution is 0.208. The van der Waals surface area contributed by atoms with E-state index in [9.17, 15) is 0 Å². The van der Waals surface area contributed by atoms with Crippen molar-refractivity contribution in [1.29, 1.82) is 0 Å². The highest BCUT2D eigenvalue weighted by Crippen LogP contribution is 2.09. The van der Waals surface area contributed by atoms with Crippen molar-refractivity contribution in [2.45, 2.75) is 32.2 Å². The minimum Gasteiger partial charge on any atom is -0.396 e. The highest BCUT2D eigenvalue weighted by molar-refractivity contribution is 7.99. The van der Waals surface area contributed by atoms with Crippen LogP contribution in [0.4, 0.5) is 0 Å². The van der Waals surface area contributed by atoms with E-state index in [1.165, 1.54) is 38.2 Å². The van der Waals surface area contributed by atoms with E-state index in [1.54, 1.807) is 0 Å². The van der Waals surface area contributed by atoms with Crippen molar-refractivity contribution in [2.24, 2.45) is 0 Å². The monoisotopic (exact) mass is 246 g/mol. The normalized spacial score (nSPS) is 19.1. The van der Waals surface area contributed by atoms with Crippen LogP contribution in [0.5, 0.6) is 0 Å². The molecule has 0 aromatic rings. The van der Waals surface area contributed by atoms with Gasteiger partial charge >= 0.3 is 0 Å². The maximum absolute atomic E-state index is 8.64. The van der Waals surface area contributed by atoms with Crippen LogP contribution in [-0.2, 0) is 0 Å². The summed E-state index contributed by atoms with van der Waals surface area (Å²) in [5.74, 6) is 2.26. The minimum absolute atomic E-state index is 0.329. The summed E-state index contributed by atoms with van der Waals surface area (Å²) in [4.78, 5) is 2.52. The van der Waals surface area contributed by atoms with Crippen LogP contribution in [0.1, 0.15) is 26.2 Å². The fourth-order valence-corrected chi connectivity index (χ4v) is 2.86. The second-order valence-electron chi connectivity index (χ2n) is 4.35. The van der Waals surface area contributed by atoms with E-state index in [0.717, 1.165) is 24.8 Å². The maximum Gasteiger partial charge on any atom is 0.0438 e. The zero-order chi connectivity index (χ0) is 11.6. The van der Waals surface area contributed by atoms with Crippen molar-refractivity contribution < 1.29 is 5.11 Å². The lowest BCUT2D eigenvalue weighted by Crippen LogP contribution is -2.42. The Morgan fingerprint density at radius 1 is 1.31 bits per heavy atom. The quantitative estimate of drug-likeness (QED) is 0.630. The van der Waals surface area contributed by atoms with Crippen LogP contribution in [0.25, 0.3) is 0 Å². The summed E-state index contributed by atoms with van der Waals surface area (Å²) in [6.45, 7) is 7.40. The average Bonchev–Trinajstić information content (AvgIpc) is 2.34. The summed E-state index contributed by atoms with van der Waals surface area (Å²) in [6, 6.07) is 0.737. The third-order valence-corrected chi connectivity index (χ3v) is 4.23. The van der Waals surface area contributed by atoms with Crippen LogP contribution >= 0.6 is 11.8 Å². The number of nitrogens with zero attached hydrogens (tertiary/aromatic N) is 1. The second kappa shape index (κ2) is 9.28. The number of aliphatic hydroxyl groups is 1. The van der Waals surface area contributed by atoms with E-state index in [0.29, 0.717) is 6.61 Å². The van der Waals surface area contributed by atoms with E-state index in [-0.39, 0.29) is 0 Å². The lowest BCUT2D eigenvalue weighted by Gasteiger charge is -2.31. The van der Waals surface area contributed by atoms with Gasteiger partial charge in [0.2, 0.25) is 0 Å². The molecule has 96 valence electrons. The predicted molar refractivity (Wildman–Crippen MR) is 72.2 cm³/mol. The van der Waals surface area contributed by atoms with Gasteiger partial charge in [0, 0.05) is 24.9 Å². The molecule has 1 rings (SSSR count). The van der Waals surface area contributed by atoms with Gasteiger partial charge < -0.3 is 15.3 Å². The Kier molecular flexibility index (Phi) is 8.29. The Labute approximate surface area is 104 Å². The number of aliphatic hydroxyl groups excluding tert-OH is 1. The van der Waals surface area contributed by atoms with Crippen molar-refractivity contribution in [3.8, 4) is 0 Å². The Morgan fingerprint density at radius 3 is 2.69 bits per heavy atom. The summed E-state index contributed by atoms with van der Waals surface area (Å²) >= 11 is 1.94. The molecule has 0 atom stereocenters. The van der Waals surface area contributed by atoms with Crippen molar-refractivity contribution in [3.05, 3.63) is 0 Å². The standard InChI is InChI=1S/C12H26N2OS/c1-2-14-7-4-12(5-8-14)13-6-11-16-10-3-9-15/h12-13,15H,2-11H2,1H3. The highest BCUT2D eigenvalue weighted by Gasteiger charge is 2.16. The molecule has 2 N–H and O–H groups in total. The first-order chi connectivity index (χ1) is 7.86. The van der Waals surface area contributed by atoms with E-state index in [4.69, 9.17) is 5.11 Å². The van der Waals surface area contributed by atoms with Gasteiger partial charge in [0.05, 0.1) is 0 Å². The van der Waals surface area contributed by atoms with Gasteiger partial charge in [-0.2, -0.15) is 11.8 Å². The Bertz CT molecular complexity index is 161. The molecule has 0 unspecified atom stereocenters. The first kappa shape index (κ1) is 14.3. The van der Waals surface area contributed by atoms with Crippen LogP contribution in [0.3, 0.4) is 0 Å². The maximum atomic E-state index is 8.64. The van der Waals surface area contributed by atoms with Crippen LogP contribution in [-0.4, -0.2) is 60.3 Å². The SMILES string of the molecule is CCN1CCC(NCCSCCCO)CC1. The van der Waals surface area contributed by atoms with Gasteiger partial charge in [-0.1, -0.05) is 6.92 Å². The van der Waals surface area contributed by atoms with Crippen molar-refractivity contribution in [1.82, 2.24) is 10.2 Å². The highest BCUT2D eigenvalue weighted by atomic mass is 32.2. The first-order valence-electron chi connectivity index (χ1n) is 6.51. The molecular weight excluding hydrogens is 220 g/mol. The van der Waals surface area contributed by atoms with Crippen LogP contribution in [0.15, 0.2) is 0 Å². The Balaban J connectivity index is 1.90. The van der Waals surface area contributed by atoms with Gasteiger partial charge in [0.15, 0.2) is 0 Å². The first-order valence-corrected chi connectivity index (χ1v) is 7.66. The number of piperidine rings is 1. The van der Waals surface area contributed by atoms with Crippen molar-refractivity contribution in [3.63, 3.8) is 0 Å². The molecule has 0 saturated carbocycles. The van der Waals surface area contributed by atoms with Gasteiger partial charge in [-0.25, -0.2) is 0 Å². The number of likely N-dealkylation sites (tertiary alicyclic amines) is 1. The topological polar surface area (TPSA) is 35.5 Å². The van der Waals surface area contributed by atoms with Crippen molar-refractivity contribution >= 4 is 11.8 Å². The lowest BCUT2D eigenvalue weighted by atomic mass is 10.1. The number of hydrogen-bond donors (Lipinski definition) is 2. The molecule has 1 saturated heterocycles. The summed E-state index contributed by atoms with van der Waals surface area (Å²) in [5, 5.41) is 12.3. The molecule has 4 heteroatoms. The fraction of sp³-hybridized carbons (Fsp3) is 1.00. The smallest absolute Gasteiger partial charge is 0.0438 e. The molecule has 1 heterocycles. The largest absolute Gasteiger partial charge is 0.396 e. The molecule has 0 aromatic heterocycles. The van der Waals surface area contributed by atoms with E-state index in [1.807, 2.05) is 11.8 Å². The summed E-state index contributed by atoms with van der Waals surface area (Å²) < 4.78 is 0. The van der Waals surface area contributed by atoms with Gasteiger partial charge in [0.1, 0.15) is 0 Å². The molecule has 1 fully saturated rings. The molecule has 0 bridgehead atoms. The number of thioether (sulfide) groups is 1. The molecule has 0 amide bonds. The molecule has 16 heavy (non-hydrogen) atoms. The molecule has 0 radical (unpaired) electrons. The second-order valence-corrected chi connectivity index (χ2v) is 5.58. The zero-order valence-electron chi connectivity index (χ0n) is 10.5.